The van der Waals surface area contributed by atoms with E-state index in [1.165, 1.54) is 0 Å². The van der Waals surface area contributed by atoms with Gasteiger partial charge in [-0.25, -0.2) is 9.97 Å². The van der Waals surface area contributed by atoms with Gasteiger partial charge in [-0.1, -0.05) is 0 Å². The highest BCUT2D eigenvalue weighted by molar-refractivity contribution is 5.55. The molecule has 0 amide bonds. The maximum absolute atomic E-state index is 13.1. The second-order valence-corrected chi connectivity index (χ2v) is 6.82. The van der Waals surface area contributed by atoms with E-state index < -0.39 is 11.7 Å². The van der Waals surface area contributed by atoms with E-state index in [4.69, 9.17) is 4.74 Å². The summed E-state index contributed by atoms with van der Waals surface area (Å²) in [7, 11) is 0. The fourth-order valence-corrected chi connectivity index (χ4v) is 3.31. The fourth-order valence-electron chi connectivity index (χ4n) is 3.31. The van der Waals surface area contributed by atoms with Crippen molar-refractivity contribution in [2.45, 2.75) is 50.7 Å². The SMILES string of the molecule is Cc1c(Nc2ncc(C(F)(F)F)c(C3CC3)n2)cnn1C1CCOCC1. The van der Waals surface area contributed by atoms with Crippen molar-refractivity contribution >= 4 is 11.6 Å². The molecule has 0 radical (unpaired) electrons. The Bertz CT molecular complexity index is 794. The first kappa shape index (κ1) is 17.3. The molecule has 0 bridgehead atoms. The van der Waals surface area contributed by atoms with Crippen LogP contribution in [-0.4, -0.2) is 33.0 Å². The summed E-state index contributed by atoms with van der Waals surface area (Å²) in [6, 6.07) is 0.273. The first-order chi connectivity index (χ1) is 12.4. The monoisotopic (exact) mass is 367 g/mol. The Hall–Kier alpha value is -2.16. The smallest absolute Gasteiger partial charge is 0.381 e. The predicted molar refractivity (Wildman–Crippen MR) is 88.3 cm³/mol. The van der Waals surface area contributed by atoms with Gasteiger partial charge in [-0.3, -0.25) is 4.68 Å². The maximum Gasteiger partial charge on any atom is 0.419 e. The van der Waals surface area contributed by atoms with Gasteiger partial charge in [-0.05, 0) is 32.6 Å². The van der Waals surface area contributed by atoms with E-state index in [1.54, 1.807) is 6.20 Å². The number of hydrogen-bond donors (Lipinski definition) is 1. The molecule has 2 aromatic heterocycles. The minimum atomic E-state index is -4.43. The molecule has 1 saturated heterocycles. The quantitative estimate of drug-likeness (QED) is 0.886. The lowest BCUT2D eigenvalue weighted by molar-refractivity contribution is -0.138. The molecule has 1 aliphatic heterocycles. The zero-order valence-corrected chi connectivity index (χ0v) is 14.4. The molecule has 6 nitrogen and oxygen atoms in total. The Kier molecular flexibility index (Phi) is 4.34. The van der Waals surface area contributed by atoms with E-state index >= 15 is 0 Å². The molecule has 1 N–H and O–H groups in total. The summed E-state index contributed by atoms with van der Waals surface area (Å²) in [6.45, 7) is 3.34. The van der Waals surface area contributed by atoms with Crippen molar-refractivity contribution in [3.8, 4) is 0 Å². The van der Waals surface area contributed by atoms with Crippen LogP contribution in [0.4, 0.5) is 24.8 Å². The summed E-state index contributed by atoms with van der Waals surface area (Å²) in [6.07, 6.45) is 1.37. The van der Waals surface area contributed by atoms with Gasteiger partial charge in [-0.2, -0.15) is 18.3 Å². The van der Waals surface area contributed by atoms with Crippen molar-refractivity contribution in [1.82, 2.24) is 19.7 Å². The van der Waals surface area contributed by atoms with Crippen LogP contribution in [0.1, 0.15) is 54.6 Å². The highest BCUT2D eigenvalue weighted by Gasteiger charge is 2.40. The van der Waals surface area contributed by atoms with Gasteiger partial charge in [0.1, 0.15) is 0 Å². The molecule has 2 aromatic rings. The van der Waals surface area contributed by atoms with E-state index in [2.05, 4.69) is 20.4 Å². The van der Waals surface area contributed by atoms with Gasteiger partial charge < -0.3 is 10.1 Å². The van der Waals surface area contributed by atoms with Crippen LogP contribution in [-0.2, 0) is 10.9 Å². The maximum atomic E-state index is 13.1. The highest BCUT2D eigenvalue weighted by atomic mass is 19.4. The summed E-state index contributed by atoms with van der Waals surface area (Å²) in [4.78, 5) is 8.03. The molecule has 0 unspecified atom stereocenters. The van der Waals surface area contributed by atoms with Crippen LogP contribution >= 0.6 is 0 Å². The van der Waals surface area contributed by atoms with Crippen molar-refractivity contribution in [3.63, 3.8) is 0 Å². The van der Waals surface area contributed by atoms with Crippen LogP contribution < -0.4 is 5.32 Å². The third kappa shape index (κ3) is 3.40. The minimum absolute atomic E-state index is 0.0875. The third-order valence-electron chi connectivity index (χ3n) is 4.92. The van der Waals surface area contributed by atoms with E-state index in [0.717, 1.165) is 37.6 Å². The molecule has 0 spiro atoms. The highest BCUT2D eigenvalue weighted by Crippen LogP contribution is 2.45. The molecule has 1 aliphatic carbocycles. The average molecular weight is 367 g/mol. The first-order valence-electron chi connectivity index (χ1n) is 8.76. The summed E-state index contributed by atoms with van der Waals surface area (Å²) in [5.41, 5.74) is 0.969. The van der Waals surface area contributed by atoms with Crippen LogP contribution in [0.25, 0.3) is 0 Å². The van der Waals surface area contributed by atoms with Crippen molar-refractivity contribution < 1.29 is 17.9 Å². The standard InChI is InChI=1S/C17H20F3N5O/c1-10-14(9-22-25(10)12-4-6-26-7-5-12)23-16-21-8-13(17(18,19)20)15(24-16)11-2-3-11/h8-9,11-12H,2-7H2,1H3,(H,21,23,24). The molecule has 140 valence electrons. The number of rotatable bonds is 4. The van der Waals surface area contributed by atoms with Crippen LogP contribution in [0.3, 0.4) is 0 Å². The average Bonchev–Trinajstić information content (AvgIpc) is 3.40. The van der Waals surface area contributed by atoms with Gasteiger partial charge in [0.25, 0.3) is 0 Å². The molecule has 0 atom stereocenters. The normalized spacial score (nSPS) is 18.9. The number of halogens is 3. The number of hydrogen-bond acceptors (Lipinski definition) is 5. The van der Waals surface area contributed by atoms with E-state index in [-0.39, 0.29) is 23.6 Å². The lowest BCUT2D eigenvalue weighted by Gasteiger charge is -2.23. The van der Waals surface area contributed by atoms with Gasteiger partial charge in [0.05, 0.1) is 34.9 Å². The van der Waals surface area contributed by atoms with Crippen LogP contribution in [0.5, 0.6) is 0 Å². The van der Waals surface area contributed by atoms with Crippen LogP contribution in [0.2, 0.25) is 0 Å². The van der Waals surface area contributed by atoms with Crippen molar-refractivity contribution in [2.24, 2.45) is 0 Å². The summed E-state index contributed by atoms with van der Waals surface area (Å²) in [5, 5.41) is 7.45. The lowest BCUT2D eigenvalue weighted by Crippen LogP contribution is -2.21. The molecule has 26 heavy (non-hydrogen) atoms. The number of aromatic nitrogens is 4. The van der Waals surface area contributed by atoms with Crippen molar-refractivity contribution in [1.29, 1.82) is 0 Å². The summed E-state index contributed by atoms with van der Waals surface area (Å²) < 4.78 is 46.7. The molecule has 0 aromatic carbocycles. The Balaban J connectivity index is 1.58. The van der Waals surface area contributed by atoms with E-state index in [0.29, 0.717) is 18.9 Å². The minimum Gasteiger partial charge on any atom is -0.381 e. The van der Waals surface area contributed by atoms with Gasteiger partial charge in [-0.15, -0.1) is 0 Å². The molecule has 3 heterocycles. The molecule has 1 saturated carbocycles. The topological polar surface area (TPSA) is 64.9 Å². The number of nitrogens with one attached hydrogen (secondary N) is 1. The van der Waals surface area contributed by atoms with Crippen molar-refractivity contribution in [2.75, 3.05) is 18.5 Å². The van der Waals surface area contributed by atoms with E-state index in [9.17, 15) is 13.2 Å². The van der Waals surface area contributed by atoms with Crippen molar-refractivity contribution in [3.05, 3.63) is 29.3 Å². The molecular weight excluding hydrogens is 347 g/mol. The first-order valence-corrected chi connectivity index (χ1v) is 8.76. The van der Waals surface area contributed by atoms with Gasteiger partial charge in [0.15, 0.2) is 0 Å². The summed E-state index contributed by atoms with van der Waals surface area (Å²) in [5.74, 6) is 0.0516. The van der Waals surface area contributed by atoms with Crippen LogP contribution in [0.15, 0.2) is 12.4 Å². The second kappa shape index (κ2) is 6.53. The molecular formula is C17H20F3N5O. The number of anilines is 2. The zero-order chi connectivity index (χ0) is 18.3. The van der Waals surface area contributed by atoms with Gasteiger partial charge >= 0.3 is 6.18 Å². The fraction of sp³-hybridized carbons (Fsp3) is 0.588. The van der Waals surface area contributed by atoms with Gasteiger partial charge in [0.2, 0.25) is 5.95 Å². The number of ether oxygens (including phenoxy) is 1. The Morgan fingerprint density at radius 2 is 1.88 bits per heavy atom. The Labute approximate surface area is 148 Å². The third-order valence-corrected chi connectivity index (χ3v) is 4.92. The molecule has 2 fully saturated rings. The zero-order valence-electron chi connectivity index (χ0n) is 14.4. The van der Waals surface area contributed by atoms with E-state index in [1.807, 2.05) is 11.6 Å². The lowest BCUT2D eigenvalue weighted by atomic mass is 10.1. The second-order valence-electron chi connectivity index (χ2n) is 6.82. The molecule has 2 aliphatic rings. The molecule has 9 heteroatoms. The Morgan fingerprint density at radius 3 is 2.54 bits per heavy atom. The Morgan fingerprint density at radius 1 is 1.15 bits per heavy atom. The molecule has 4 rings (SSSR count). The van der Waals surface area contributed by atoms with Crippen LogP contribution in [0, 0.1) is 6.92 Å². The number of nitrogens with zero attached hydrogens (tertiary/aromatic N) is 4. The predicted octanol–water partition coefficient (Wildman–Crippen LogP) is 3.97. The largest absolute Gasteiger partial charge is 0.419 e. The number of alkyl halides is 3. The van der Waals surface area contributed by atoms with Gasteiger partial charge in [0, 0.05) is 25.3 Å². The summed E-state index contributed by atoms with van der Waals surface area (Å²) >= 11 is 0.